The first kappa shape index (κ1) is 10.2. The quantitative estimate of drug-likeness (QED) is 0.785. The lowest BCUT2D eigenvalue weighted by Gasteiger charge is -2.09. The number of terminal acetylenes is 1. The van der Waals surface area contributed by atoms with Crippen LogP contribution in [0.15, 0.2) is 22.7 Å². The number of hydrogen-bond acceptors (Lipinski definition) is 1. The van der Waals surface area contributed by atoms with Gasteiger partial charge in [-0.25, -0.2) is 4.39 Å². The van der Waals surface area contributed by atoms with E-state index in [-0.39, 0.29) is 11.9 Å². The molecule has 0 aliphatic carbocycles. The molecule has 1 aromatic carbocycles. The normalized spacial score (nSPS) is 12.2. The average molecular weight is 242 g/mol. The molecule has 0 heterocycles. The summed E-state index contributed by atoms with van der Waals surface area (Å²) in [5, 5.41) is 2.90. The highest BCUT2D eigenvalue weighted by Gasteiger charge is 2.07. The smallest absolute Gasteiger partial charge is 0.137 e. The van der Waals surface area contributed by atoms with Crippen LogP contribution in [-0.2, 0) is 0 Å². The summed E-state index contributed by atoms with van der Waals surface area (Å²) < 4.78 is 13.5. The highest BCUT2D eigenvalue weighted by molar-refractivity contribution is 9.10. The van der Waals surface area contributed by atoms with Gasteiger partial charge < -0.3 is 5.32 Å². The minimum atomic E-state index is -0.298. The Bertz CT molecular complexity index is 343. The van der Waals surface area contributed by atoms with Crippen molar-refractivity contribution in [2.45, 2.75) is 6.04 Å². The average Bonchev–Trinajstić information content (AvgIpc) is 2.13. The first-order chi connectivity index (χ1) is 6.19. The van der Waals surface area contributed by atoms with Crippen LogP contribution in [-0.4, -0.2) is 7.05 Å². The van der Waals surface area contributed by atoms with Gasteiger partial charge in [0.2, 0.25) is 0 Å². The molecule has 13 heavy (non-hydrogen) atoms. The summed E-state index contributed by atoms with van der Waals surface area (Å²) >= 11 is 3.08. The zero-order valence-electron chi connectivity index (χ0n) is 7.14. The van der Waals surface area contributed by atoms with Crippen molar-refractivity contribution in [3.63, 3.8) is 0 Å². The van der Waals surface area contributed by atoms with Crippen LogP contribution >= 0.6 is 15.9 Å². The SMILES string of the molecule is C#CC(NC)c1ccc(Br)c(F)c1. The van der Waals surface area contributed by atoms with E-state index in [1.165, 1.54) is 6.07 Å². The van der Waals surface area contributed by atoms with Crippen molar-refractivity contribution >= 4 is 15.9 Å². The topological polar surface area (TPSA) is 12.0 Å². The van der Waals surface area contributed by atoms with Crippen LogP contribution in [0.5, 0.6) is 0 Å². The standard InChI is InChI=1S/C10H9BrFN/c1-3-10(13-2)7-4-5-8(11)9(12)6-7/h1,4-6,10,13H,2H3. The van der Waals surface area contributed by atoms with Gasteiger partial charge in [0.05, 0.1) is 10.5 Å². The zero-order valence-corrected chi connectivity index (χ0v) is 8.73. The fourth-order valence-electron chi connectivity index (χ4n) is 1.04. The molecule has 0 saturated carbocycles. The Hall–Kier alpha value is -0.850. The van der Waals surface area contributed by atoms with Gasteiger partial charge in [-0.1, -0.05) is 12.0 Å². The van der Waals surface area contributed by atoms with E-state index in [0.29, 0.717) is 4.47 Å². The summed E-state index contributed by atoms with van der Waals surface area (Å²) in [7, 11) is 1.74. The Kier molecular flexibility index (Phi) is 3.47. The van der Waals surface area contributed by atoms with Crippen molar-refractivity contribution < 1.29 is 4.39 Å². The Morgan fingerprint density at radius 1 is 1.62 bits per heavy atom. The molecule has 1 unspecified atom stereocenters. The van der Waals surface area contributed by atoms with Gasteiger partial charge in [0.15, 0.2) is 0 Å². The maximum atomic E-state index is 13.1. The third-order valence-electron chi connectivity index (χ3n) is 1.73. The van der Waals surface area contributed by atoms with E-state index in [0.717, 1.165) is 5.56 Å². The molecule has 0 bridgehead atoms. The third kappa shape index (κ3) is 2.30. The summed E-state index contributed by atoms with van der Waals surface area (Å²) in [6, 6.07) is 4.62. The van der Waals surface area contributed by atoms with Gasteiger partial charge in [-0.05, 0) is 40.7 Å². The lowest BCUT2D eigenvalue weighted by molar-refractivity contribution is 0.614. The van der Waals surface area contributed by atoms with E-state index in [1.54, 1.807) is 19.2 Å². The molecule has 1 aromatic rings. The van der Waals surface area contributed by atoms with Crippen molar-refractivity contribution in [3.05, 3.63) is 34.1 Å². The highest BCUT2D eigenvalue weighted by Crippen LogP contribution is 2.20. The minimum Gasteiger partial charge on any atom is -0.303 e. The predicted molar refractivity (Wildman–Crippen MR) is 54.7 cm³/mol. The first-order valence-corrected chi connectivity index (χ1v) is 4.56. The van der Waals surface area contributed by atoms with Crippen LogP contribution in [0.3, 0.4) is 0 Å². The van der Waals surface area contributed by atoms with Crippen LogP contribution in [0.25, 0.3) is 0 Å². The van der Waals surface area contributed by atoms with E-state index in [1.807, 2.05) is 0 Å². The molecule has 1 nitrogen and oxygen atoms in total. The molecule has 1 N–H and O–H groups in total. The molecule has 0 amide bonds. The molecular weight excluding hydrogens is 233 g/mol. The predicted octanol–water partition coefficient (Wildman–Crippen LogP) is 2.48. The Morgan fingerprint density at radius 3 is 2.77 bits per heavy atom. The Morgan fingerprint density at radius 2 is 2.31 bits per heavy atom. The molecule has 0 radical (unpaired) electrons. The lowest BCUT2D eigenvalue weighted by atomic mass is 10.1. The van der Waals surface area contributed by atoms with E-state index >= 15 is 0 Å². The number of nitrogens with one attached hydrogen (secondary N) is 1. The van der Waals surface area contributed by atoms with Crippen molar-refractivity contribution in [2.24, 2.45) is 0 Å². The Labute approximate surface area is 85.5 Å². The van der Waals surface area contributed by atoms with Gasteiger partial charge in [0, 0.05) is 0 Å². The summed E-state index contributed by atoms with van der Waals surface area (Å²) in [6.45, 7) is 0. The van der Waals surface area contributed by atoms with Crippen LogP contribution in [0.4, 0.5) is 4.39 Å². The summed E-state index contributed by atoms with van der Waals surface area (Å²) in [5.74, 6) is 2.22. The number of rotatable bonds is 2. The van der Waals surface area contributed by atoms with Crippen LogP contribution in [0.2, 0.25) is 0 Å². The van der Waals surface area contributed by atoms with Gasteiger partial charge >= 0.3 is 0 Å². The van der Waals surface area contributed by atoms with E-state index in [4.69, 9.17) is 6.42 Å². The van der Waals surface area contributed by atoms with Gasteiger partial charge in [0.1, 0.15) is 5.82 Å². The first-order valence-electron chi connectivity index (χ1n) is 3.77. The Balaban J connectivity index is 3.04. The van der Waals surface area contributed by atoms with Gasteiger partial charge in [-0.15, -0.1) is 6.42 Å². The second kappa shape index (κ2) is 4.40. The summed E-state index contributed by atoms with van der Waals surface area (Å²) in [6.07, 6.45) is 5.26. The minimum absolute atomic E-state index is 0.234. The van der Waals surface area contributed by atoms with Crippen molar-refractivity contribution in [1.82, 2.24) is 5.32 Å². The van der Waals surface area contributed by atoms with Crippen molar-refractivity contribution in [1.29, 1.82) is 0 Å². The van der Waals surface area contributed by atoms with Crippen LogP contribution in [0.1, 0.15) is 11.6 Å². The molecular formula is C10H9BrFN. The third-order valence-corrected chi connectivity index (χ3v) is 2.38. The number of hydrogen-bond donors (Lipinski definition) is 1. The second-order valence-corrected chi connectivity index (χ2v) is 3.42. The van der Waals surface area contributed by atoms with E-state index in [2.05, 4.69) is 27.2 Å². The number of benzene rings is 1. The molecule has 3 heteroatoms. The van der Waals surface area contributed by atoms with Crippen LogP contribution in [0, 0.1) is 18.2 Å². The summed E-state index contributed by atoms with van der Waals surface area (Å²) in [5.41, 5.74) is 0.755. The van der Waals surface area contributed by atoms with E-state index in [9.17, 15) is 4.39 Å². The molecule has 68 valence electrons. The second-order valence-electron chi connectivity index (χ2n) is 2.56. The molecule has 1 rings (SSSR count). The van der Waals surface area contributed by atoms with E-state index < -0.39 is 0 Å². The molecule has 1 atom stereocenters. The van der Waals surface area contributed by atoms with Crippen molar-refractivity contribution in [3.8, 4) is 12.3 Å². The number of halogens is 2. The maximum absolute atomic E-state index is 13.1. The maximum Gasteiger partial charge on any atom is 0.137 e. The molecule has 0 aromatic heterocycles. The molecule has 0 aliphatic rings. The molecule has 0 spiro atoms. The largest absolute Gasteiger partial charge is 0.303 e. The van der Waals surface area contributed by atoms with Crippen LogP contribution < -0.4 is 5.32 Å². The fraction of sp³-hybridized carbons (Fsp3) is 0.200. The van der Waals surface area contributed by atoms with Crippen molar-refractivity contribution in [2.75, 3.05) is 7.05 Å². The van der Waals surface area contributed by atoms with Gasteiger partial charge in [-0.3, -0.25) is 0 Å². The van der Waals surface area contributed by atoms with Gasteiger partial charge in [0.25, 0.3) is 0 Å². The summed E-state index contributed by atoms with van der Waals surface area (Å²) in [4.78, 5) is 0. The monoisotopic (exact) mass is 241 g/mol. The fourth-order valence-corrected chi connectivity index (χ4v) is 1.28. The van der Waals surface area contributed by atoms with Gasteiger partial charge in [-0.2, -0.15) is 0 Å². The molecule has 0 saturated heterocycles. The molecule has 0 aliphatic heterocycles. The highest BCUT2D eigenvalue weighted by atomic mass is 79.9. The molecule has 0 fully saturated rings. The zero-order chi connectivity index (χ0) is 9.84. The lowest BCUT2D eigenvalue weighted by Crippen LogP contribution is -2.14.